The normalized spacial score (nSPS) is 11.3. The third-order valence-electron chi connectivity index (χ3n) is 4.49. The Morgan fingerprint density at radius 2 is 1.63 bits per heavy atom. The van der Waals surface area contributed by atoms with Gasteiger partial charge in [-0.25, -0.2) is 0 Å². The molecule has 3 rings (SSSR count). The highest BCUT2D eigenvalue weighted by atomic mass is 16.5. The zero-order valence-electron chi connectivity index (χ0n) is 16.9. The maximum Gasteiger partial charge on any atom is 0.262 e. The van der Waals surface area contributed by atoms with E-state index in [1.54, 1.807) is 55.6 Å². The van der Waals surface area contributed by atoms with Crippen LogP contribution in [0, 0.1) is 0 Å². The van der Waals surface area contributed by atoms with E-state index in [1.807, 2.05) is 37.3 Å². The zero-order valence-corrected chi connectivity index (χ0v) is 16.9. The summed E-state index contributed by atoms with van der Waals surface area (Å²) in [5.41, 5.74) is 2.18. The summed E-state index contributed by atoms with van der Waals surface area (Å²) in [6.07, 6.45) is 0. The van der Waals surface area contributed by atoms with Crippen molar-refractivity contribution in [2.75, 3.05) is 19.0 Å². The Morgan fingerprint density at radius 1 is 0.900 bits per heavy atom. The van der Waals surface area contributed by atoms with Crippen molar-refractivity contribution in [1.29, 1.82) is 0 Å². The third kappa shape index (κ3) is 5.85. The SMILES string of the molecule is COc1cccc(NC(=O)COc2ccc(C(=O)NC(C)c3ccccc3)cc2)c1. The van der Waals surface area contributed by atoms with Crippen LogP contribution >= 0.6 is 0 Å². The molecule has 6 nitrogen and oxygen atoms in total. The van der Waals surface area contributed by atoms with Gasteiger partial charge in [0.15, 0.2) is 6.61 Å². The smallest absolute Gasteiger partial charge is 0.262 e. The number of hydrogen-bond acceptors (Lipinski definition) is 4. The Hall–Kier alpha value is -3.80. The van der Waals surface area contributed by atoms with E-state index in [0.717, 1.165) is 5.56 Å². The summed E-state index contributed by atoms with van der Waals surface area (Å²) in [4.78, 5) is 24.5. The molecule has 0 bridgehead atoms. The lowest BCUT2D eigenvalue weighted by molar-refractivity contribution is -0.118. The number of nitrogens with one attached hydrogen (secondary N) is 2. The zero-order chi connectivity index (χ0) is 21.3. The van der Waals surface area contributed by atoms with Crippen molar-refractivity contribution in [2.24, 2.45) is 0 Å². The molecular weight excluding hydrogens is 380 g/mol. The molecule has 3 aromatic rings. The number of benzene rings is 3. The highest BCUT2D eigenvalue weighted by Gasteiger charge is 2.11. The summed E-state index contributed by atoms with van der Waals surface area (Å²) in [6.45, 7) is 1.79. The van der Waals surface area contributed by atoms with Crippen molar-refractivity contribution in [2.45, 2.75) is 13.0 Å². The van der Waals surface area contributed by atoms with E-state index in [4.69, 9.17) is 9.47 Å². The topological polar surface area (TPSA) is 76.7 Å². The number of methoxy groups -OCH3 is 1. The molecule has 154 valence electrons. The standard InChI is InChI=1S/C24H24N2O4/c1-17(18-7-4-3-5-8-18)25-24(28)19-11-13-21(14-12-19)30-16-23(27)26-20-9-6-10-22(15-20)29-2/h3-15,17H,16H2,1-2H3,(H,25,28)(H,26,27). The van der Waals surface area contributed by atoms with Gasteiger partial charge < -0.3 is 20.1 Å². The largest absolute Gasteiger partial charge is 0.497 e. The van der Waals surface area contributed by atoms with Crippen molar-refractivity contribution in [1.82, 2.24) is 5.32 Å². The van der Waals surface area contributed by atoms with E-state index in [0.29, 0.717) is 22.7 Å². The van der Waals surface area contributed by atoms with Gasteiger partial charge in [0.1, 0.15) is 11.5 Å². The van der Waals surface area contributed by atoms with Crippen molar-refractivity contribution < 1.29 is 19.1 Å². The van der Waals surface area contributed by atoms with Crippen molar-refractivity contribution >= 4 is 17.5 Å². The van der Waals surface area contributed by atoms with Crippen molar-refractivity contribution in [3.8, 4) is 11.5 Å². The van der Waals surface area contributed by atoms with Gasteiger partial charge in [-0.05, 0) is 48.9 Å². The highest BCUT2D eigenvalue weighted by Crippen LogP contribution is 2.17. The molecule has 0 saturated heterocycles. The number of carbonyl (C=O) groups excluding carboxylic acids is 2. The number of anilines is 1. The fourth-order valence-corrected chi connectivity index (χ4v) is 2.85. The van der Waals surface area contributed by atoms with Gasteiger partial charge >= 0.3 is 0 Å². The van der Waals surface area contributed by atoms with Crippen LogP contribution in [0.1, 0.15) is 28.9 Å². The second-order valence-electron chi connectivity index (χ2n) is 6.70. The van der Waals surface area contributed by atoms with Crippen LogP contribution in [-0.4, -0.2) is 25.5 Å². The molecule has 0 radical (unpaired) electrons. The van der Waals surface area contributed by atoms with Crippen LogP contribution in [0.5, 0.6) is 11.5 Å². The van der Waals surface area contributed by atoms with Crippen LogP contribution in [0.15, 0.2) is 78.9 Å². The lowest BCUT2D eigenvalue weighted by atomic mass is 10.1. The van der Waals surface area contributed by atoms with Crippen LogP contribution in [0.2, 0.25) is 0 Å². The molecule has 3 aromatic carbocycles. The molecule has 0 aliphatic rings. The minimum atomic E-state index is -0.290. The van der Waals surface area contributed by atoms with E-state index in [1.165, 1.54) is 0 Å². The van der Waals surface area contributed by atoms with Crippen molar-refractivity contribution in [3.05, 3.63) is 90.0 Å². The maximum atomic E-state index is 12.4. The molecule has 0 fully saturated rings. The molecule has 0 aliphatic heterocycles. The molecule has 0 spiro atoms. The molecule has 30 heavy (non-hydrogen) atoms. The second-order valence-corrected chi connectivity index (χ2v) is 6.70. The van der Waals surface area contributed by atoms with Crippen molar-refractivity contribution in [3.63, 3.8) is 0 Å². The summed E-state index contributed by atoms with van der Waals surface area (Å²) in [7, 11) is 1.57. The fraction of sp³-hybridized carbons (Fsp3) is 0.167. The maximum absolute atomic E-state index is 12.4. The minimum Gasteiger partial charge on any atom is -0.497 e. The average molecular weight is 404 g/mol. The van der Waals surface area contributed by atoms with Gasteiger partial charge in [0.05, 0.1) is 13.2 Å². The highest BCUT2D eigenvalue weighted by molar-refractivity contribution is 5.94. The van der Waals surface area contributed by atoms with Gasteiger partial charge in [-0.2, -0.15) is 0 Å². The van der Waals surface area contributed by atoms with E-state index in [9.17, 15) is 9.59 Å². The summed E-state index contributed by atoms with van der Waals surface area (Å²) in [5.74, 6) is 0.697. The first kappa shape index (κ1) is 20.9. The Bertz CT molecular complexity index is 988. The Labute approximate surface area is 175 Å². The Balaban J connectivity index is 1.50. The van der Waals surface area contributed by atoms with E-state index >= 15 is 0 Å². The Morgan fingerprint density at radius 3 is 2.33 bits per heavy atom. The van der Waals surface area contributed by atoms with Gasteiger partial charge in [-0.15, -0.1) is 0 Å². The second kappa shape index (κ2) is 10.1. The van der Waals surface area contributed by atoms with Crippen LogP contribution in [0.3, 0.4) is 0 Å². The lowest BCUT2D eigenvalue weighted by Gasteiger charge is -2.14. The third-order valence-corrected chi connectivity index (χ3v) is 4.49. The quantitative estimate of drug-likeness (QED) is 0.590. The van der Waals surface area contributed by atoms with Gasteiger partial charge in [-0.1, -0.05) is 36.4 Å². The van der Waals surface area contributed by atoms with Crippen LogP contribution < -0.4 is 20.1 Å². The summed E-state index contributed by atoms with van der Waals surface area (Å²) in [5, 5.41) is 5.71. The molecule has 1 unspecified atom stereocenters. The van der Waals surface area contributed by atoms with Gasteiger partial charge in [0.25, 0.3) is 11.8 Å². The number of amides is 2. The molecule has 6 heteroatoms. The Kier molecular flexibility index (Phi) is 7.05. The molecule has 2 amide bonds. The van der Waals surface area contributed by atoms with Crippen LogP contribution in [0.25, 0.3) is 0 Å². The molecule has 1 atom stereocenters. The molecule has 0 saturated carbocycles. The number of ether oxygens (including phenoxy) is 2. The number of hydrogen-bond donors (Lipinski definition) is 2. The first-order valence-corrected chi connectivity index (χ1v) is 9.58. The van der Waals surface area contributed by atoms with Crippen LogP contribution in [-0.2, 0) is 4.79 Å². The minimum absolute atomic E-state index is 0.102. The molecule has 0 aromatic heterocycles. The monoisotopic (exact) mass is 404 g/mol. The first-order chi connectivity index (χ1) is 14.5. The van der Waals surface area contributed by atoms with Gasteiger partial charge in [0, 0.05) is 17.3 Å². The van der Waals surface area contributed by atoms with Crippen LogP contribution in [0.4, 0.5) is 5.69 Å². The van der Waals surface area contributed by atoms with E-state index in [2.05, 4.69) is 10.6 Å². The van der Waals surface area contributed by atoms with Gasteiger partial charge in [0.2, 0.25) is 0 Å². The average Bonchev–Trinajstić information content (AvgIpc) is 2.78. The molecular formula is C24H24N2O4. The fourth-order valence-electron chi connectivity index (χ4n) is 2.85. The lowest BCUT2D eigenvalue weighted by Crippen LogP contribution is -2.26. The van der Waals surface area contributed by atoms with E-state index in [-0.39, 0.29) is 24.5 Å². The van der Waals surface area contributed by atoms with E-state index < -0.39 is 0 Å². The summed E-state index contributed by atoms with van der Waals surface area (Å²) < 4.78 is 10.6. The summed E-state index contributed by atoms with van der Waals surface area (Å²) in [6, 6.07) is 23.4. The predicted octanol–water partition coefficient (Wildman–Crippen LogP) is 4.20. The summed E-state index contributed by atoms with van der Waals surface area (Å²) >= 11 is 0. The van der Waals surface area contributed by atoms with Gasteiger partial charge in [-0.3, -0.25) is 9.59 Å². The molecule has 0 aliphatic carbocycles. The number of rotatable bonds is 8. The molecule has 0 heterocycles. The molecule has 2 N–H and O–H groups in total. The predicted molar refractivity (Wildman–Crippen MR) is 116 cm³/mol. The first-order valence-electron chi connectivity index (χ1n) is 9.58. The number of carbonyl (C=O) groups is 2.